The number of amides is 1. The van der Waals surface area contributed by atoms with Crippen molar-refractivity contribution in [1.29, 1.82) is 5.41 Å². The van der Waals surface area contributed by atoms with E-state index in [0.717, 1.165) is 11.1 Å². The predicted molar refractivity (Wildman–Crippen MR) is 63.0 cm³/mol. The summed E-state index contributed by atoms with van der Waals surface area (Å²) >= 11 is 0. The van der Waals surface area contributed by atoms with Gasteiger partial charge in [-0.1, -0.05) is 17.7 Å². The van der Waals surface area contributed by atoms with E-state index in [0.29, 0.717) is 5.69 Å². The molecule has 4 nitrogen and oxygen atoms in total. The van der Waals surface area contributed by atoms with E-state index in [4.69, 9.17) is 5.41 Å². The van der Waals surface area contributed by atoms with Gasteiger partial charge in [-0.15, -0.1) is 0 Å². The molecular weight excluding hydrogens is 204 g/mol. The number of hydrogen-bond donors (Lipinski definition) is 2. The van der Waals surface area contributed by atoms with Gasteiger partial charge in [-0.05, 0) is 25.5 Å². The second-order valence-electron chi connectivity index (χ2n) is 3.70. The van der Waals surface area contributed by atoms with Crippen LogP contribution in [-0.4, -0.2) is 17.4 Å². The minimum absolute atomic E-state index is 0.528. The molecule has 0 aromatic heterocycles. The first-order valence-corrected chi connectivity index (χ1v) is 4.90. The molecule has 0 heterocycles. The van der Waals surface area contributed by atoms with Crippen molar-refractivity contribution in [2.24, 2.45) is 0 Å². The summed E-state index contributed by atoms with van der Waals surface area (Å²) in [6, 6.07) is 5.54. The first-order chi connectivity index (χ1) is 7.41. The van der Waals surface area contributed by atoms with Crippen LogP contribution < -0.4 is 5.32 Å². The van der Waals surface area contributed by atoms with Crippen molar-refractivity contribution in [3.8, 4) is 0 Å². The number of anilines is 1. The SMILES string of the molecule is CC(=O)C(=N)C(=O)Nc1ccc(C)cc1C. The van der Waals surface area contributed by atoms with Crippen molar-refractivity contribution in [3.05, 3.63) is 29.3 Å². The fraction of sp³-hybridized carbons (Fsp3) is 0.250. The van der Waals surface area contributed by atoms with Gasteiger partial charge in [0.05, 0.1) is 0 Å². The molecule has 0 fully saturated rings. The molecule has 16 heavy (non-hydrogen) atoms. The van der Waals surface area contributed by atoms with Crippen LogP contribution >= 0.6 is 0 Å². The van der Waals surface area contributed by atoms with Gasteiger partial charge in [-0.25, -0.2) is 0 Å². The molecule has 0 unspecified atom stereocenters. The van der Waals surface area contributed by atoms with Gasteiger partial charge < -0.3 is 5.32 Å². The lowest BCUT2D eigenvalue weighted by Gasteiger charge is -2.08. The standard InChI is InChI=1S/C12H14N2O2/c1-7-4-5-10(8(2)6-7)14-12(16)11(13)9(3)15/h4-6,13H,1-3H3,(H,14,16). The van der Waals surface area contributed by atoms with Crippen LogP contribution in [0.1, 0.15) is 18.1 Å². The largest absolute Gasteiger partial charge is 0.320 e. The van der Waals surface area contributed by atoms with Crippen molar-refractivity contribution in [2.45, 2.75) is 20.8 Å². The lowest BCUT2D eigenvalue weighted by Crippen LogP contribution is -2.27. The van der Waals surface area contributed by atoms with Gasteiger partial charge in [-0.3, -0.25) is 15.0 Å². The van der Waals surface area contributed by atoms with Crippen LogP contribution in [0.2, 0.25) is 0 Å². The van der Waals surface area contributed by atoms with Crippen molar-refractivity contribution in [2.75, 3.05) is 5.32 Å². The molecule has 4 heteroatoms. The number of rotatable bonds is 3. The van der Waals surface area contributed by atoms with E-state index in [-0.39, 0.29) is 0 Å². The highest BCUT2D eigenvalue weighted by molar-refractivity contribution is 6.66. The molecule has 0 aliphatic carbocycles. The molecule has 0 atom stereocenters. The number of benzene rings is 1. The number of ketones is 1. The van der Waals surface area contributed by atoms with Crippen LogP contribution in [0, 0.1) is 19.3 Å². The minimum atomic E-state index is -0.667. The molecule has 0 spiro atoms. The van der Waals surface area contributed by atoms with E-state index in [1.54, 1.807) is 6.07 Å². The molecule has 0 saturated heterocycles. The molecule has 1 amide bonds. The zero-order valence-electron chi connectivity index (χ0n) is 9.55. The quantitative estimate of drug-likeness (QED) is 0.600. The van der Waals surface area contributed by atoms with Gasteiger partial charge in [0.1, 0.15) is 0 Å². The smallest absolute Gasteiger partial charge is 0.277 e. The molecule has 1 aromatic rings. The molecular formula is C12H14N2O2. The fourth-order valence-electron chi connectivity index (χ4n) is 1.30. The Morgan fingerprint density at radius 2 is 1.88 bits per heavy atom. The Morgan fingerprint density at radius 1 is 1.25 bits per heavy atom. The van der Waals surface area contributed by atoms with Gasteiger partial charge in [-0.2, -0.15) is 0 Å². The Kier molecular flexibility index (Phi) is 3.55. The van der Waals surface area contributed by atoms with E-state index in [1.807, 2.05) is 26.0 Å². The summed E-state index contributed by atoms with van der Waals surface area (Å²) in [5.41, 5.74) is 2.10. The number of carbonyl (C=O) groups is 2. The van der Waals surface area contributed by atoms with Crippen LogP contribution in [0.25, 0.3) is 0 Å². The number of nitrogens with one attached hydrogen (secondary N) is 2. The number of hydrogen-bond acceptors (Lipinski definition) is 3. The maximum Gasteiger partial charge on any atom is 0.277 e. The van der Waals surface area contributed by atoms with Crippen LogP contribution in [0.5, 0.6) is 0 Å². The Hall–Kier alpha value is -1.97. The van der Waals surface area contributed by atoms with Crippen molar-refractivity contribution in [1.82, 2.24) is 0 Å². The van der Waals surface area contributed by atoms with Crippen molar-refractivity contribution < 1.29 is 9.59 Å². The fourth-order valence-corrected chi connectivity index (χ4v) is 1.30. The Bertz CT molecular complexity index is 464. The number of carbonyl (C=O) groups excluding carboxylic acids is 2. The van der Waals surface area contributed by atoms with Gasteiger partial charge in [0.25, 0.3) is 5.91 Å². The van der Waals surface area contributed by atoms with E-state index < -0.39 is 17.4 Å². The topological polar surface area (TPSA) is 70.0 Å². The first-order valence-electron chi connectivity index (χ1n) is 4.90. The van der Waals surface area contributed by atoms with E-state index in [9.17, 15) is 9.59 Å². The molecule has 2 N–H and O–H groups in total. The molecule has 0 radical (unpaired) electrons. The molecule has 84 valence electrons. The molecule has 0 bridgehead atoms. The van der Waals surface area contributed by atoms with Gasteiger partial charge in [0.2, 0.25) is 0 Å². The predicted octanol–water partition coefficient (Wildman–Crippen LogP) is 1.85. The highest BCUT2D eigenvalue weighted by Crippen LogP contribution is 2.15. The summed E-state index contributed by atoms with van der Waals surface area (Å²) < 4.78 is 0. The molecule has 0 aliphatic rings. The zero-order valence-corrected chi connectivity index (χ0v) is 9.55. The summed E-state index contributed by atoms with van der Waals surface area (Å²) in [5, 5.41) is 9.78. The lowest BCUT2D eigenvalue weighted by atomic mass is 10.1. The van der Waals surface area contributed by atoms with Crippen LogP contribution in [-0.2, 0) is 9.59 Å². The Morgan fingerprint density at radius 3 is 2.38 bits per heavy atom. The van der Waals surface area contributed by atoms with Crippen LogP contribution in [0.15, 0.2) is 18.2 Å². The second kappa shape index (κ2) is 4.70. The van der Waals surface area contributed by atoms with Crippen molar-refractivity contribution >= 4 is 23.1 Å². The minimum Gasteiger partial charge on any atom is -0.320 e. The highest BCUT2D eigenvalue weighted by Gasteiger charge is 2.14. The monoisotopic (exact) mass is 218 g/mol. The molecule has 0 aliphatic heterocycles. The van der Waals surface area contributed by atoms with Crippen LogP contribution in [0.3, 0.4) is 0 Å². The highest BCUT2D eigenvalue weighted by atomic mass is 16.2. The van der Waals surface area contributed by atoms with E-state index in [1.165, 1.54) is 6.92 Å². The number of Topliss-reactive ketones (excluding diaryl/α,β-unsaturated/α-hetero) is 1. The average molecular weight is 218 g/mol. The summed E-state index contributed by atoms with van der Waals surface area (Å²) in [4.78, 5) is 22.3. The zero-order chi connectivity index (χ0) is 12.3. The third-order valence-corrected chi connectivity index (χ3v) is 2.21. The summed E-state index contributed by atoms with van der Waals surface area (Å²) in [6.45, 7) is 5.01. The van der Waals surface area contributed by atoms with Gasteiger partial charge >= 0.3 is 0 Å². The van der Waals surface area contributed by atoms with Crippen molar-refractivity contribution in [3.63, 3.8) is 0 Å². The average Bonchev–Trinajstić information content (AvgIpc) is 2.20. The Labute approximate surface area is 94.2 Å². The maximum atomic E-state index is 11.4. The van der Waals surface area contributed by atoms with E-state index >= 15 is 0 Å². The second-order valence-corrected chi connectivity index (χ2v) is 3.70. The lowest BCUT2D eigenvalue weighted by molar-refractivity contribution is -0.114. The summed E-state index contributed by atoms with van der Waals surface area (Å²) in [6.07, 6.45) is 0. The Balaban J connectivity index is 2.85. The summed E-state index contributed by atoms with van der Waals surface area (Å²) in [5.74, 6) is -1.21. The summed E-state index contributed by atoms with van der Waals surface area (Å²) in [7, 11) is 0. The van der Waals surface area contributed by atoms with Gasteiger partial charge in [0, 0.05) is 12.6 Å². The normalized spacial score (nSPS) is 9.69. The van der Waals surface area contributed by atoms with Gasteiger partial charge in [0.15, 0.2) is 11.5 Å². The molecule has 1 rings (SSSR count). The molecule has 1 aromatic carbocycles. The number of aryl methyl sites for hydroxylation is 2. The molecule has 0 saturated carbocycles. The maximum absolute atomic E-state index is 11.4. The van der Waals surface area contributed by atoms with Crippen LogP contribution in [0.4, 0.5) is 5.69 Å². The third-order valence-electron chi connectivity index (χ3n) is 2.21. The first kappa shape index (κ1) is 12.1. The third kappa shape index (κ3) is 2.76. The van der Waals surface area contributed by atoms with E-state index in [2.05, 4.69) is 5.32 Å².